The Morgan fingerprint density at radius 3 is 2.65 bits per heavy atom. The quantitative estimate of drug-likeness (QED) is 0.678. The van der Waals surface area contributed by atoms with Crippen LogP contribution in [-0.4, -0.2) is 11.4 Å². The fraction of sp³-hybridized carbons (Fsp3) is 0.111. The largest absolute Gasteiger partial charge is 0.386 e. The lowest BCUT2D eigenvalue weighted by atomic mass is 9.80. The van der Waals surface area contributed by atoms with Crippen LogP contribution >= 0.6 is 27.3 Å². The smallest absolute Gasteiger partial charge is 0.176 e. The monoisotopic (exact) mass is 385 g/mol. The Hall–Kier alpha value is -2.00. The number of fused-ring (bicyclic) bond motifs is 1. The summed E-state index contributed by atoms with van der Waals surface area (Å²) in [6.45, 7) is 0. The molecule has 1 N–H and O–H groups in total. The number of benzene rings is 2. The minimum absolute atomic E-state index is 0.519. The van der Waals surface area contributed by atoms with Gasteiger partial charge < -0.3 is 9.90 Å². The Labute approximate surface area is 145 Å². The second-order valence-electron chi connectivity index (χ2n) is 5.20. The van der Waals surface area contributed by atoms with Crippen LogP contribution in [0.2, 0.25) is 0 Å². The number of carbonyl (C=O) groups excluding carboxylic acids is 1. The molecule has 1 aromatic heterocycles. The molecule has 0 spiro atoms. The number of carbonyl (C=O) groups is 1. The van der Waals surface area contributed by atoms with Crippen molar-refractivity contribution in [3.8, 4) is 6.07 Å². The molecule has 3 nitrogen and oxygen atoms in total. The molecule has 1 heterocycles. The van der Waals surface area contributed by atoms with Crippen LogP contribution in [0.4, 0.5) is 0 Å². The number of hydrogen-bond acceptors (Lipinski definition) is 4. The average molecular weight is 386 g/mol. The third-order valence-corrected chi connectivity index (χ3v) is 5.56. The normalized spacial score (nSPS) is 14.8. The summed E-state index contributed by atoms with van der Waals surface area (Å²) in [5.41, 5.74) is -1.10. The third kappa shape index (κ3) is 2.70. The average Bonchev–Trinajstić information content (AvgIpc) is 3.00. The van der Waals surface area contributed by atoms with E-state index in [4.69, 9.17) is 0 Å². The summed E-state index contributed by atoms with van der Waals surface area (Å²) in [5, 5.41) is 21.4. The van der Waals surface area contributed by atoms with E-state index in [1.54, 1.807) is 24.3 Å². The van der Waals surface area contributed by atoms with Crippen LogP contribution < -0.4 is 0 Å². The minimum Gasteiger partial charge on any atom is -0.386 e. The highest BCUT2D eigenvalue weighted by atomic mass is 79.9. The van der Waals surface area contributed by atoms with E-state index in [9.17, 15) is 15.2 Å². The van der Waals surface area contributed by atoms with Gasteiger partial charge >= 0.3 is 0 Å². The number of aliphatic hydroxyl groups excluding tert-OH is 1. The molecule has 3 rings (SSSR count). The standard InChI is InChI=1S/C18H12BrNO2S/c19-14-6-3-5-13(8-14)17(22)18(10-20,11-21)16-9-12-4-1-2-7-15(12)23-16/h1-9,11,17,22H. The molecule has 0 radical (unpaired) electrons. The van der Waals surface area contributed by atoms with Gasteiger partial charge in [0.2, 0.25) is 0 Å². The van der Waals surface area contributed by atoms with Gasteiger partial charge in [-0.3, -0.25) is 0 Å². The van der Waals surface area contributed by atoms with E-state index in [-0.39, 0.29) is 0 Å². The third-order valence-electron chi connectivity index (χ3n) is 3.80. The molecule has 114 valence electrons. The highest BCUT2D eigenvalue weighted by Crippen LogP contribution is 2.41. The van der Waals surface area contributed by atoms with E-state index in [2.05, 4.69) is 15.9 Å². The Morgan fingerprint density at radius 2 is 2.00 bits per heavy atom. The molecular weight excluding hydrogens is 374 g/mol. The van der Waals surface area contributed by atoms with Crippen molar-refractivity contribution in [3.63, 3.8) is 0 Å². The molecule has 0 aliphatic heterocycles. The summed E-state index contributed by atoms with van der Waals surface area (Å²) in [6, 6.07) is 18.5. The number of aliphatic hydroxyl groups is 1. The molecule has 0 saturated heterocycles. The summed E-state index contributed by atoms with van der Waals surface area (Å²) in [4.78, 5) is 12.4. The molecule has 0 amide bonds. The summed E-state index contributed by atoms with van der Waals surface area (Å²) in [5.74, 6) is 0. The van der Waals surface area contributed by atoms with Crippen LogP contribution in [0.3, 0.4) is 0 Å². The summed E-state index contributed by atoms with van der Waals surface area (Å²) in [7, 11) is 0. The molecule has 23 heavy (non-hydrogen) atoms. The van der Waals surface area contributed by atoms with Gasteiger partial charge in [0.25, 0.3) is 0 Å². The van der Waals surface area contributed by atoms with Crippen molar-refractivity contribution in [2.45, 2.75) is 11.5 Å². The molecule has 0 saturated carbocycles. The highest BCUT2D eigenvalue weighted by molar-refractivity contribution is 9.10. The summed E-state index contributed by atoms with van der Waals surface area (Å²) >= 11 is 4.70. The molecular formula is C18H12BrNO2S. The maximum Gasteiger partial charge on any atom is 0.176 e. The van der Waals surface area contributed by atoms with Crippen LogP contribution in [0.1, 0.15) is 16.5 Å². The SMILES string of the molecule is N#CC(C=O)(c1cc2ccccc2s1)C(O)c1cccc(Br)c1. The first-order valence-corrected chi connectivity index (χ1v) is 8.52. The van der Waals surface area contributed by atoms with E-state index in [0.29, 0.717) is 16.7 Å². The zero-order valence-corrected chi connectivity index (χ0v) is 14.3. The van der Waals surface area contributed by atoms with Crippen LogP contribution in [0, 0.1) is 11.3 Å². The summed E-state index contributed by atoms with van der Waals surface area (Å²) < 4.78 is 1.76. The molecule has 0 fully saturated rings. The zero-order chi connectivity index (χ0) is 16.4. The molecule has 3 aromatic rings. The maximum absolute atomic E-state index is 11.8. The number of thiophene rings is 1. The van der Waals surface area contributed by atoms with Crippen LogP contribution in [0.5, 0.6) is 0 Å². The van der Waals surface area contributed by atoms with Crippen molar-refractivity contribution in [3.05, 3.63) is 69.5 Å². The van der Waals surface area contributed by atoms with Gasteiger partial charge in [0, 0.05) is 14.0 Å². The lowest BCUT2D eigenvalue weighted by molar-refractivity contribution is -0.114. The van der Waals surface area contributed by atoms with Crippen molar-refractivity contribution in [2.75, 3.05) is 0 Å². The molecule has 0 aliphatic carbocycles. The molecule has 2 atom stereocenters. The molecule has 2 aromatic carbocycles. The van der Waals surface area contributed by atoms with E-state index < -0.39 is 11.5 Å². The van der Waals surface area contributed by atoms with Gasteiger partial charge in [-0.15, -0.1) is 11.3 Å². The van der Waals surface area contributed by atoms with Crippen molar-refractivity contribution in [1.29, 1.82) is 5.26 Å². The molecule has 2 unspecified atom stereocenters. The first-order valence-electron chi connectivity index (χ1n) is 6.91. The second kappa shape index (κ2) is 6.25. The number of halogens is 1. The van der Waals surface area contributed by atoms with E-state index >= 15 is 0 Å². The predicted molar refractivity (Wildman–Crippen MR) is 94.3 cm³/mol. The van der Waals surface area contributed by atoms with Crippen molar-refractivity contribution < 1.29 is 9.90 Å². The maximum atomic E-state index is 11.8. The van der Waals surface area contributed by atoms with E-state index in [1.807, 2.05) is 36.4 Å². The Balaban J connectivity index is 2.16. The zero-order valence-electron chi connectivity index (χ0n) is 11.9. The topological polar surface area (TPSA) is 61.1 Å². The van der Waals surface area contributed by atoms with Gasteiger partial charge in [-0.2, -0.15) is 5.26 Å². The fourth-order valence-electron chi connectivity index (χ4n) is 2.53. The number of aldehydes is 1. The fourth-order valence-corrected chi connectivity index (χ4v) is 4.13. The van der Waals surface area contributed by atoms with Crippen molar-refractivity contribution >= 4 is 43.6 Å². The first kappa shape index (κ1) is 15.9. The van der Waals surface area contributed by atoms with Gasteiger partial charge in [0.15, 0.2) is 5.41 Å². The van der Waals surface area contributed by atoms with Gasteiger partial charge in [-0.25, -0.2) is 0 Å². The van der Waals surface area contributed by atoms with Gasteiger partial charge in [0.1, 0.15) is 12.4 Å². The van der Waals surface area contributed by atoms with E-state index in [0.717, 1.165) is 14.6 Å². The lowest BCUT2D eigenvalue weighted by Gasteiger charge is -2.25. The highest BCUT2D eigenvalue weighted by Gasteiger charge is 2.42. The number of rotatable bonds is 4. The Morgan fingerprint density at radius 1 is 1.22 bits per heavy atom. The Bertz CT molecular complexity index is 882. The molecule has 0 aliphatic rings. The number of hydrogen-bond donors (Lipinski definition) is 1. The van der Waals surface area contributed by atoms with Crippen molar-refractivity contribution in [2.24, 2.45) is 0 Å². The number of nitrogens with zero attached hydrogens (tertiary/aromatic N) is 1. The molecule has 0 bridgehead atoms. The first-order chi connectivity index (χ1) is 11.1. The Kier molecular flexibility index (Phi) is 4.31. The van der Waals surface area contributed by atoms with Crippen LogP contribution in [0.25, 0.3) is 10.1 Å². The number of nitriles is 1. The van der Waals surface area contributed by atoms with Crippen LogP contribution in [-0.2, 0) is 10.2 Å². The van der Waals surface area contributed by atoms with Gasteiger partial charge in [-0.1, -0.05) is 46.3 Å². The molecule has 5 heteroatoms. The van der Waals surface area contributed by atoms with Crippen molar-refractivity contribution in [1.82, 2.24) is 0 Å². The van der Waals surface area contributed by atoms with E-state index in [1.165, 1.54) is 11.3 Å². The summed E-state index contributed by atoms with van der Waals surface area (Å²) in [6.07, 6.45) is -0.695. The predicted octanol–water partition coefficient (Wildman–Crippen LogP) is 4.36. The minimum atomic E-state index is -1.62. The van der Waals surface area contributed by atoms with Crippen LogP contribution in [0.15, 0.2) is 59.1 Å². The van der Waals surface area contributed by atoms with Gasteiger partial charge in [-0.05, 0) is 35.2 Å². The van der Waals surface area contributed by atoms with Gasteiger partial charge in [0.05, 0.1) is 6.07 Å². The second-order valence-corrected chi connectivity index (χ2v) is 7.20. The lowest BCUT2D eigenvalue weighted by Crippen LogP contribution is -2.33.